The lowest BCUT2D eigenvalue weighted by molar-refractivity contribution is -0.114. The quantitative estimate of drug-likeness (QED) is 0.455. The smallest absolute Gasteiger partial charge is 0.390 e. The van der Waals surface area contributed by atoms with Crippen molar-refractivity contribution in [3.8, 4) is 0 Å². The zero-order chi connectivity index (χ0) is 8.85. The van der Waals surface area contributed by atoms with E-state index in [9.17, 15) is 9.36 Å². The van der Waals surface area contributed by atoms with Gasteiger partial charge >= 0.3 is 8.25 Å². The van der Waals surface area contributed by atoms with Crippen LogP contribution < -0.4 is 0 Å². The summed E-state index contributed by atoms with van der Waals surface area (Å²) in [6.07, 6.45) is -0.461. The number of aliphatic hydroxyl groups excluding tert-OH is 1. The third-order valence-corrected chi connectivity index (χ3v) is 1.55. The van der Waals surface area contributed by atoms with Crippen LogP contribution in [0.2, 0.25) is 0 Å². The molecule has 0 saturated heterocycles. The minimum absolute atomic E-state index is 0.300. The van der Waals surface area contributed by atoms with Gasteiger partial charge in [-0.25, -0.2) is 0 Å². The zero-order valence-corrected chi connectivity index (χ0v) is 6.90. The molecular weight excluding hydrogens is 171 g/mol. The van der Waals surface area contributed by atoms with Crippen molar-refractivity contribution in [2.24, 2.45) is 5.92 Å². The molecule has 0 amide bonds. The number of aliphatic hydroxyl groups is 1. The van der Waals surface area contributed by atoms with Crippen LogP contribution in [0, 0.1) is 5.92 Å². The van der Waals surface area contributed by atoms with Crippen molar-refractivity contribution in [2.75, 3.05) is 6.61 Å². The van der Waals surface area contributed by atoms with Gasteiger partial charge in [0.1, 0.15) is 12.9 Å². The van der Waals surface area contributed by atoms with E-state index in [2.05, 4.69) is 4.52 Å². The summed E-state index contributed by atoms with van der Waals surface area (Å²) in [4.78, 5) is 18.2. The monoisotopic (exact) mass is 181 g/mol. The zero-order valence-electron chi connectivity index (χ0n) is 6.01. The fourth-order valence-corrected chi connectivity index (χ4v) is 0.663. The van der Waals surface area contributed by atoms with Crippen molar-refractivity contribution in [1.82, 2.24) is 0 Å². The predicted molar refractivity (Wildman–Crippen MR) is 37.0 cm³/mol. The summed E-state index contributed by atoms with van der Waals surface area (Å²) in [6.45, 7) is 1.19. The Labute approximate surface area is 64.9 Å². The van der Waals surface area contributed by atoms with E-state index < -0.39 is 20.3 Å². The van der Waals surface area contributed by atoms with E-state index in [1.54, 1.807) is 0 Å². The number of rotatable bonds is 5. The van der Waals surface area contributed by atoms with Crippen molar-refractivity contribution in [3.05, 3.63) is 0 Å². The lowest BCUT2D eigenvalue weighted by atomic mass is 10.1. The second kappa shape index (κ2) is 5.32. The van der Waals surface area contributed by atoms with E-state index in [1.165, 1.54) is 6.92 Å². The van der Waals surface area contributed by atoms with Gasteiger partial charge in [0.05, 0.1) is 6.10 Å². The van der Waals surface area contributed by atoms with Crippen LogP contribution in [0.5, 0.6) is 0 Å². The maximum atomic E-state index is 10.0. The molecule has 0 spiro atoms. The van der Waals surface area contributed by atoms with Gasteiger partial charge in [-0.3, -0.25) is 0 Å². The van der Waals surface area contributed by atoms with Crippen LogP contribution >= 0.6 is 8.25 Å². The molecule has 0 radical (unpaired) electrons. The highest BCUT2D eigenvalue weighted by Crippen LogP contribution is 2.15. The number of carbonyl (C=O) groups excluding carboxylic acids is 1. The molecule has 11 heavy (non-hydrogen) atoms. The molecule has 3 atom stereocenters. The average Bonchev–Trinajstić information content (AvgIpc) is 1.98. The number of aldehydes is 1. The molecule has 2 N–H and O–H groups in total. The Morgan fingerprint density at radius 2 is 2.27 bits per heavy atom. The Morgan fingerprint density at radius 1 is 1.73 bits per heavy atom. The first-order valence-corrected chi connectivity index (χ1v) is 4.13. The highest BCUT2D eigenvalue weighted by atomic mass is 31.1. The molecule has 5 nitrogen and oxygen atoms in total. The molecule has 0 fully saturated rings. The molecule has 0 aromatic rings. The topological polar surface area (TPSA) is 83.8 Å². The molecule has 0 heterocycles. The maximum Gasteiger partial charge on any atom is 0.694 e. The normalized spacial score (nSPS) is 17.2. The first kappa shape index (κ1) is 10.7. The maximum absolute atomic E-state index is 10.0. The summed E-state index contributed by atoms with van der Waals surface area (Å²) in [5.41, 5.74) is 0. The van der Waals surface area contributed by atoms with E-state index in [4.69, 9.17) is 10.00 Å². The summed E-state index contributed by atoms with van der Waals surface area (Å²) in [5, 5.41) is 8.97. The number of carbonyl (C=O) groups is 1. The van der Waals surface area contributed by atoms with Crippen LogP contribution in [0.15, 0.2) is 0 Å². The lowest BCUT2D eigenvalue weighted by Crippen LogP contribution is -2.23. The second-order valence-corrected chi connectivity index (χ2v) is 2.83. The lowest BCUT2D eigenvalue weighted by Gasteiger charge is -2.07. The van der Waals surface area contributed by atoms with E-state index in [-0.39, 0.29) is 6.61 Å². The Morgan fingerprint density at radius 3 is 2.64 bits per heavy atom. The summed E-state index contributed by atoms with van der Waals surface area (Å²) >= 11 is 0. The summed E-state index contributed by atoms with van der Waals surface area (Å²) in [6, 6.07) is 0. The van der Waals surface area contributed by atoms with Crippen molar-refractivity contribution in [2.45, 2.75) is 13.0 Å². The molecule has 6 heteroatoms. The fourth-order valence-electron chi connectivity index (χ4n) is 0.383. The van der Waals surface area contributed by atoms with Crippen LogP contribution in [-0.2, 0) is 13.9 Å². The molecule has 0 aliphatic rings. The standard InChI is InChI=1S/C5H9O5P/c1-4(2-6)5(7)3-10-11(8)9/h2,4-5,7H,3H2,1H3/p+1. The van der Waals surface area contributed by atoms with E-state index in [1.807, 2.05) is 0 Å². The molecule has 0 saturated carbocycles. The minimum Gasteiger partial charge on any atom is -0.390 e. The van der Waals surface area contributed by atoms with Gasteiger partial charge in [0.2, 0.25) is 0 Å². The molecule has 0 aliphatic carbocycles. The molecule has 0 bridgehead atoms. The molecule has 0 rings (SSSR count). The van der Waals surface area contributed by atoms with Gasteiger partial charge in [-0.2, -0.15) is 0 Å². The summed E-state index contributed by atoms with van der Waals surface area (Å²) < 4.78 is 14.1. The molecule has 64 valence electrons. The third-order valence-electron chi connectivity index (χ3n) is 1.18. The second-order valence-electron chi connectivity index (χ2n) is 2.10. The third kappa shape index (κ3) is 4.98. The van der Waals surface area contributed by atoms with Crippen molar-refractivity contribution in [1.29, 1.82) is 0 Å². The summed E-state index contributed by atoms with van der Waals surface area (Å²) in [5.74, 6) is -0.579. The first-order valence-electron chi connectivity index (χ1n) is 3.00. The SMILES string of the molecule is CC(C=O)C(O)CO[P+](=O)O. The first-order chi connectivity index (χ1) is 5.07. The van der Waals surface area contributed by atoms with Crippen LogP contribution in [0.4, 0.5) is 0 Å². The van der Waals surface area contributed by atoms with Gasteiger partial charge < -0.3 is 9.90 Å². The molecule has 0 aromatic heterocycles. The minimum atomic E-state index is -2.69. The predicted octanol–water partition coefficient (Wildman–Crippen LogP) is -0.151. The Bertz CT molecular complexity index is 148. The van der Waals surface area contributed by atoms with Gasteiger partial charge in [0, 0.05) is 10.5 Å². The summed E-state index contributed by atoms with van der Waals surface area (Å²) in [7, 11) is -2.69. The molecule has 0 aliphatic heterocycles. The van der Waals surface area contributed by atoms with Gasteiger partial charge in [0.15, 0.2) is 0 Å². The largest absolute Gasteiger partial charge is 0.694 e. The van der Waals surface area contributed by atoms with Gasteiger partial charge in [-0.1, -0.05) is 6.92 Å². The molecular formula is C5H10O5P+. The van der Waals surface area contributed by atoms with Crippen LogP contribution in [0.25, 0.3) is 0 Å². The van der Waals surface area contributed by atoms with Crippen molar-refractivity contribution >= 4 is 14.5 Å². The van der Waals surface area contributed by atoms with Crippen LogP contribution in [0.1, 0.15) is 6.92 Å². The average molecular weight is 181 g/mol. The highest BCUT2D eigenvalue weighted by molar-refractivity contribution is 7.32. The van der Waals surface area contributed by atoms with Gasteiger partial charge in [-0.15, -0.1) is 9.42 Å². The van der Waals surface area contributed by atoms with Crippen molar-refractivity contribution < 1.29 is 23.9 Å². The number of hydrogen-bond donors (Lipinski definition) is 2. The molecule has 0 aromatic carbocycles. The highest BCUT2D eigenvalue weighted by Gasteiger charge is 2.20. The van der Waals surface area contributed by atoms with E-state index >= 15 is 0 Å². The molecule has 3 unspecified atom stereocenters. The van der Waals surface area contributed by atoms with E-state index in [0.717, 1.165) is 0 Å². The Balaban J connectivity index is 3.59. The Hall–Kier alpha value is -0.350. The van der Waals surface area contributed by atoms with Gasteiger partial charge in [-0.05, 0) is 0 Å². The Kier molecular flexibility index (Phi) is 5.15. The fraction of sp³-hybridized carbons (Fsp3) is 0.800. The number of hydrogen-bond acceptors (Lipinski definition) is 4. The van der Waals surface area contributed by atoms with E-state index in [0.29, 0.717) is 6.29 Å². The van der Waals surface area contributed by atoms with Crippen LogP contribution in [-0.4, -0.2) is 29.0 Å². The van der Waals surface area contributed by atoms with Gasteiger partial charge in [0.25, 0.3) is 0 Å². The van der Waals surface area contributed by atoms with Crippen LogP contribution in [0.3, 0.4) is 0 Å². The van der Waals surface area contributed by atoms with Crippen molar-refractivity contribution in [3.63, 3.8) is 0 Å².